The molecule has 1 N–H and O–H groups in total. The summed E-state index contributed by atoms with van der Waals surface area (Å²) in [5.41, 5.74) is 2.78. The molecule has 2 amide bonds. The molecular formula is C19H22N2O3. The zero-order valence-electron chi connectivity index (χ0n) is 14.2. The van der Waals surface area contributed by atoms with E-state index in [4.69, 9.17) is 5.11 Å². The van der Waals surface area contributed by atoms with Crippen molar-refractivity contribution in [1.29, 1.82) is 0 Å². The fourth-order valence-corrected chi connectivity index (χ4v) is 2.55. The van der Waals surface area contributed by atoms with E-state index in [-0.39, 0.29) is 11.6 Å². The summed E-state index contributed by atoms with van der Waals surface area (Å²) in [4.78, 5) is 26.9. The highest BCUT2D eigenvalue weighted by Gasteiger charge is 2.30. The Morgan fingerprint density at radius 3 is 2.12 bits per heavy atom. The summed E-state index contributed by atoms with van der Waals surface area (Å²) < 4.78 is 0. The molecule has 2 aromatic rings. The van der Waals surface area contributed by atoms with Crippen LogP contribution in [0.2, 0.25) is 0 Å². The molecule has 1 aliphatic heterocycles. The molecule has 1 aliphatic rings. The van der Waals surface area contributed by atoms with E-state index in [0.29, 0.717) is 18.8 Å². The van der Waals surface area contributed by atoms with Crippen LogP contribution >= 0.6 is 0 Å². The van der Waals surface area contributed by atoms with Gasteiger partial charge < -0.3 is 5.11 Å². The zero-order chi connectivity index (χ0) is 17.7. The fraction of sp³-hybridized carbons (Fsp3) is 0.263. The predicted molar refractivity (Wildman–Crippen MR) is 96.0 cm³/mol. The van der Waals surface area contributed by atoms with Crippen LogP contribution in [-0.4, -0.2) is 30.2 Å². The van der Waals surface area contributed by atoms with Crippen LogP contribution in [0.4, 0.5) is 16.2 Å². The Bertz CT molecular complexity index is 726. The molecule has 0 atom stereocenters. The maximum Gasteiger partial charge on any atom is 0.335 e. The van der Waals surface area contributed by atoms with Gasteiger partial charge in [0.2, 0.25) is 0 Å². The van der Waals surface area contributed by atoms with Crippen molar-refractivity contribution in [3.05, 3.63) is 59.7 Å². The molecule has 5 heteroatoms. The Morgan fingerprint density at radius 1 is 0.958 bits per heavy atom. The van der Waals surface area contributed by atoms with Gasteiger partial charge in [-0.3, -0.25) is 9.80 Å². The number of aryl methyl sites for hydroxylation is 1. The number of urea groups is 1. The summed E-state index contributed by atoms with van der Waals surface area (Å²) in [5, 5.41) is 9.06. The summed E-state index contributed by atoms with van der Waals surface area (Å²) in [6.07, 6.45) is 0. The second-order valence-corrected chi connectivity index (χ2v) is 5.28. The zero-order valence-corrected chi connectivity index (χ0v) is 14.2. The third-order valence-electron chi connectivity index (χ3n) is 3.76. The lowest BCUT2D eigenvalue weighted by atomic mass is 10.2. The fourth-order valence-electron chi connectivity index (χ4n) is 2.55. The molecule has 0 bridgehead atoms. The molecular weight excluding hydrogens is 304 g/mol. The van der Waals surface area contributed by atoms with Crippen LogP contribution in [0.25, 0.3) is 0 Å². The van der Waals surface area contributed by atoms with Gasteiger partial charge in [-0.05, 0) is 37.3 Å². The normalized spacial score (nSPS) is 13.5. The van der Waals surface area contributed by atoms with Crippen molar-refractivity contribution in [2.24, 2.45) is 0 Å². The van der Waals surface area contributed by atoms with Crippen LogP contribution in [0.3, 0.4) is 0 Å². The number of rotatable bonds is 3. The highest BCUT2D eigenvalue weighted by molar-refractivity contribution is 6.06. The molecule has 24 heavy (non-hydrogen) atoms. The third-order valence-corrected chi connectivity index (χ3v) is 3.76. The molecule has 0 aromatic heterocycles. The van der Waals surface area contributed by atoms with Crippen molar-refractivity contribution in [3.63, 3.8) is 0 Å². The Hall–Kier alpha value is -2.82. The Kier molecular flexibility index (Phi) is 5.58. The number of benzene rings is 2. The number of anilines is 2. The van der Waals surface area contributed by atoms with Crippen LogP contribution < -0.4 is 9.80 Å². The van der Waals surface area contributed by atoms with E-state index in [2.05, 4.69) is 0 Å². The standard InChI is InChI=1S/C17H16N2O3.C2H6/c1-12-5-7-14(8-6-12)18-9-10-19(17(18)22)15-4-2-3-13(11-15)16(20)21;1-2/h2-8,11H,9-10H2,1H3,(H,20,21);1-2H3. The van der Waals surface area contributed by atoms with E-state index in [0.717, 1.165) is 11.3 Å². The SMILES string of the molecule is CC.Cc1ccc(N2CCN(c3cccc(C(=O)O)c3)C2=O)cc1. The average Bonchev–Trinajstić information content (AvgIpc) is 2.99. The number of nitrogens with zero attached hydrogens (tertiary/aromatic N) is 2. The van der Waals surface area contributed by atoms with Crippen LogP contribution in [-0.2, 0) is 0 Å². The lowest BCUT2D eigenvalue weighted by Gasteiger charge is -2.19. The largest absolute Gasteiger partial charge is 0.478 e. The summed E-state index contributed by atoms with van der Waals surface area (Å²) in [7, 11) is 0. The highest BCUT2D eigenvalue weighted by Crippen LogP contribution is 2.26. The number of carboxylic acid groups (broad SMARTS) is 1. The minimum absolute atomic E-state index is 0.133. The summed E-state index contributed by atoms with van der Waals surface area (Å²) in [6, 6.07) is 14.1. The molecule has 1 fully saturated rings. The van der Waals surface area contributed by atoms with Crippen molar-refractivity contribution < 1.29 is 14.7 Å². The molecule has 0 unspecified atom stereocenters. The van der Waals surface area contributed by atoms with Gasteiger partial charge in [0.1, 0.15) is 0 Å². The number of carbonyl (C=O) groups excluding carboxylic acids is 1. The number of carbonyl (C=O) groups is 2. The van der Waals surface area contributed by atoms with Gasteiger partial charge >= 0.3 is 12.0 Å². The Labute approximate surface area is 142 Å². The van der Waals surface area contributed by atoms with E-state index in [9.17, 15) is 9.59 Å². The minimum atomic E-state index is -0.996. The number of hydrogen-bond acceptors (Lipinski definition) is 2. The lowest BCUT2D eigenvalue weighted by Crippen LogP contribution is -2.31. The van der Waals surface area contributed by atoms with Gasteiger partial charge in [0, 0.05) is 24.5 Å². The van der Waals surface area contributed by atoms with E-state index in [1.807, 2.05) is 45.0 Å². The monoisotopic (exact) mass is 326 g/mol. The molecule has 0 spiro atoms. The van der Waals surface area contributed by atoms with Crippen LogP contribution in [0.5, 0.6) is 0 Å². The molecule has 0 aliphatic carbocycles. The molecule has 0 saturated carbocycles. The quantitative estimate of drug-likeness (QED) is 0.921. The predicted octanol–water partition coefficient (Wildman–Crippen LogP) is 4.17. The van der Waals surface area contributed by atoms with E-state index < -0.39 is 5.97 Å². The molecule has 1 heterocycles. The van der Waals surface area contributed by atoms with Crippen molar-refractivity contribution in [1.82, 2.24) is 0 Å². The van der Waals surface area contributed by atoms with E-state index >= 15 is 0 Å². The van der Waals surface area contributed by atoms with Crippen molar-refractivity contribution >= 4 is 23.4 Å². The Morgan fingerprint density at radius 2 is 1.54 bits per heavy atom. The maximum absolute atomic E-state index is 12.6. The van der Waals surface area contributed by atoms with Gasteiger partial charge in [0.05, 0.1) is 5.56 Å². The Balaban J connectivity index is 0.00000100. The smallest absolute Gasteiger partial charge is 0.335 e. The van der Waals surface area contributed by atoms with Crippen molar-refractivity contribution in [2.75, 3.05) is 22.9 Å². The first kappa shape index (κ1) is 17.5. The van der Waals surface area contributed by atoms with Gasteiger partial charge in [-0.15, -0.1) is 0 Å². The topological polar surface area (TPSA) is 60.9 Å². The molecule has 5 nitrogen and oxygen atoms in total. The first-order valence-corrected chi connectivity index (χ1v) is 8.05. The first-order valence-electron chi connectivity index (χ1n) is 8.05. The second kappa shape index (κ2) is 7.64. The summed E-state index contributed by atoms with van der Waals surface area (Å²) >= 11 is 0. The third kappa shape index (κ3) is 3.56. The van der Waals surface area contributed by atoms with E-state index in [1.165, 1.54) is 12.1 Å². The van der Waals surface area contributed by atoms with Crippen LogP contribution in [0.1, 0.15) is 29.8 Å². The van der Waals surface area contributed by atoms with E-state index in [1.54, 1.807) is 21.9 Å². The number of amides is 2. The highest BCUT2D eigenvalue weighted by atomic mass is 16.4. The van der Waals surface area contributed by atoms with Gasteiger partial charge in [0.15, 0.2) is 0 Å². The number of hydrogen-bond donors (Lipinski definition) is 1. The van der Waals surface area contributed by atoms with Gasteiger partial charge in [0.25, 0.3) is 0 Å². The maximum atomic E-state index is 12.6. The van der Waals surface area contributed by atoms with Gasteiger partial charge in [-0.2, -0.15) is 0 Å². The summed E-state index contributed by atoms with van der Waals surface area (Å²) in [5.74, 6) is -0.996. The van der Waals surface area contributed by atoms with Crippen molar-refractivity contribution in [3.8, 4) is 0 Å². The minimum Gasteiger partial charge on any atom is -0.478 e. The average molecular weight is 326 g/mol. The molecule has 2 aromatic carbocycles. The molecule has 3 rings (SSSR count). The number of carboxylic acids is 1. The number of aromatic carboxylic acids is 1. The van der Waals surface area contributed by atoms with Crippen molar-refractivity contribution in [2.45, 2.75) is 20.8 Å². The summed E-state index contributed by atoms with van der Waals surface area (Å²) in [6.45, 7) is 7.12. The molecule has 0 radical (unpaired) electrons. The first-order chi connectivity index (χ1) is 11.6. The second-order valence-electron chi connectivity index (χ2n) is 5.28. The van der Waals surface area contributed by atoms with Gasteiger partial charge in [-0.1, -0.05) is 37.6 Å². The molecule has 126 valence electrons. The van der Waals surface area contributed by atoms with Gasteiger partial charge in [-0.25, -0.2) is 9.59 Å². The molecule has 1 saturated heterocycles. The lowest BCUT2D eigenvalue weighted by molar-refractivity contribution is 0.0697. The van der Waals surface area contributed by atoms with Crippen LogP contribution in [0, 0.1) is 6.92 Å². The van der Waals surface area contributed by atoms with Crippen LogP contribution in [0.15, 0.2) is 48.5 Å².